The summed E-state index contributed by atoms with van der Waals surface area (Å²) in [5, 5.41) is 10.1. The van der Waals surface area contributed by atoms with Gasteiger partial charge in [0.2, 0.25) is 0 Å². The molecule has 0 fully saturated rings. The first kappa shape index (κ1) is 12.8. The van der Waals surface area contributed by atoms with E-state index in [1.54, 1.807) is 24.3 Å². The molecule has 0 spiro atoms. The maximum atomic E-state index is 5.94. The van der Waals surface area contributed by atoms with Crippen molar-refractivity contribution in [2.75, 3.05) is 5.32 Å². The second-order valence-corrected chi connectivity index (χ2v) is 4.90. The molecule has 0 amide bonds. The van der Waals surface area contributed by atoms with Crippen molar-refractivity contribution in [3.63, 3.8) is 0 Å². The standard InChI is InChI=1S/C10H11Cl3N4/c11-5-1-6(12)3-7(2-5)15-9-4-8(13)16-10(14)17-9/h1-4,8,10,15-17H,14H2. The highest BCUT2D eigenvalue weighted by molar-refractivity contribution is 6.35. The number of alkyl halides is 1. The lowest BCUT2D eigenvalue weighted by atomic mass is 10.3. The van der Waals surface area contributed by atoms with Gasteiger partial charge in [-0.25, -0.2) is 0 Å². The molecule has 1 aliphatic rings. The van der Waals surface area contributed by atoms with Gasteiger partial charge in [-0.05, 0) is 24.3 Å². The van der Waals surface area contributed by atoms with E-state index in [9.17, 15) is 0 Å². The quantitative estimate of drug-likeness (QED) is 0.499. The van der Waals surface area contributed by atoms with Gasteiger partial charge in [-0.15, -0.1) is 11.6 Å². The van der Waals surface area contributed by atoms with Crippen LogP contribution in [0.3, 0.4) is 0 Å². The molecule has 0 aliphatic carbocycles. The topological polar surface area (TPSA) is 62.1 Å². The fourth-order valence-corrected chi connectivity index (χ4v) is 2.27. The predicted molar refractivity (Wildman–Crippen MR) is 72.1 cm³/mol. The molecule has 7 heteroatoms. The molecule has 2 rings (SSSR count). The van der Waals surface area contributed by atoms with Gasteiger partial charge in [0.05, 0.1) is 0 Å². The summed E-state index contributed by atoms with van der Waals surface area (Å²) in [6.07, 6.45) is 1.36. The van der Waals surface area contributed by atoms with Gasteiger partial charge in [0, 0.05) is 15.7 Å². The average Bonchev–Trinajstić information content (AvgIpc) is 2.13. The molecule has 1 aromatic carbocycles. The van der Waals surface area contributed by atoms with Crippen LogP contribution < -0.4 is 21.7 Å². The van der Waals surface area contributed by atoms with Gasteiger partial charge in [0.15, 0.2) is 0 Å². The van der Waals surface area contributed by atoms with Crippen molar-refractivity contribution in [2.24, 2.45) is 5.73 Å². The zero-order valence-electron chi connectivity index (χ0n) is 8.68. The van der Waals surface area contributed by atoms with E-state index < -0.39 is 6.29 Å². The Labute approximate surface area is 114 Å². The SMILES string of the molecule is NC1NC(Nc2cc(Cl)cc(Cl)c2)=CC(Cl)N1. The van der Waals surface area contributed by atoms with Crippen LogP contribution in [0.5, 0.6) is 0 Å². The molecule has 1 heterocycles. The van der Waals surface area contributed by atoms with Crippen molar-refractivity contribution in [1.82, 2.24) is 10.6 Å². The summed E-state index contributed by atoms with van der Waals surface area (Å²) in [7, 11) is 0. The maximum Gasteiger partial charge on any atom is 0.132 e. The Kier molecular flexibility index (Phi) is 4.01. The summed E-state index contributed by atoms with van der Waals surface area (Å²) in [6, 6.07) is 5.17. The van der Waals surface area contributed by atoms with E-state index in [-0.39, 0.29) is 5.50 Å². The largest absolute Gasteiger partial charge is 0.344 e. The van der Waals surface area contributed by atoms with Crippen molar-refractivity contribution in [3.05, 3.63) is 40.1 Å². The zero-order valence-corrected chi connectivity index (χ0v) is 10.9. The average molecular weight is 294 g/mol. The first-order chi connectivity index (χ1) is 8.02. The molecule has 2 atom stereocenters. The molecular formula is C10H11Cl3N4. The molecule has 17 heavy (non-hydrogen) atoms. The molecule has 5 N–H and O–H groups in total. The molecular weight excluding hydrogens is 282 g/mol. The minimum Gasteiger partial charge on any atom is -0.344 e. The van der Waals surface area contributed by atoms with Gasteiger partial charge in [0.25, 0.3) is 0 Å². The minimum atomic E-state index is -0.403. The summed E-state index contributed by atoms with van der Waals surface area (Å²) in [5.41, 5.74) is 6.12. The number of benzene rings is 1. The highest BCUT2D eigenvalue weighted by Gasteiger charge is 2.15. The summed E-state index contributed by atoms with van der Waals surface area (Å²) in [5.74, 6) is 0.703. The summed E-state index contributed by atoms with van der Waals surface area (Å²) < 4.78 is 0. The van der Waals surface area contributed by atoms with Crippen molar-refractivity contribution in [1.29, 1.82) is 0 Å². The number of anilines is 1. The van der Waals surface area contributed by atoms with Crippen LogP contribution in [0.25, 0.3) is 0 Å². The van der Waals surface area contributed by atoms with Gasteiger partial charge in [-0.2, -0.15) is 0 Å². The van der Waals surface area contributed by atoms with E-state index in [1.165, 1.54) is 0 Å². The normalized spacial score (nSPS) is 23.9. The Morgan fingerprint density at radius 2 is 1.82 bits per heavy atom. The fourth-order valence-electron chi connectivity index (χ4n) is 1.48. The molecule has 92 valence electrons. The number of nitrogens with two attached hydrogens (primary N) is 1. The third-order valence-corrected chi connectivity index (χ3v) is 2.79. The summed E-state index contributed by atoms with van der Waals surface area (Å²) in [6.45, 7) is 0. The second-order valence-electron chi connectivity index (χ2n) is 3.55. The molecule has 0 bridgehead atoms. The minimum absolute atomic E-state index is 0.330. The van der Waals surface area contributed by atoms with E-state index >= 15 is 0 Å². The Morgan fingerprint density at radius 3 is 2.41 bits per heavy atom. The smallest absolute Gasteiger partial charge is 0.132 e. The van der Waals surface area contributed by atoms with E-state index in [1.807, 2.05) is 0 Å². The van der Waals surface area contributed by atoms with E-state index in [0.717, 1.165) is 5.69 Å². The molecule has 0 saturated heterocycles. The molecule has 0 saturated carbocycles. The van der Waals surface area contributed by atoms with Crippen molar-refractivity contribution >= 4 is 40.5 Å². The number of halogens is 3. The van der Waals surface area contributed by atoms with E-state index in [4.69, 9.17) is 40.5 Å². The Morgan fingerprint density at radius 1 is 1.18 bits per heavy atom. The van der Waals surface area contributed by atoms with Crippen molar-refractivity contribution in [3.8, 4) is 0 Å². The van der Waals surface area contributed by atoms with Crippen LogP contribution in [0.2, 0.25) is 10.0 Å². The van der Waals surface area contributed by atoms with Gasteiger partial charge in [-0.1, -0.05) is 23.2 Å². The highest BCUT2D eigenvalue weighted by Crippen LogP contribution is 2.23. The lowest BCUT2D eigenvalue weighted by Crippen LogP contribution is -2.55. The van der Waals surface area contributed by atoms with Crippen LogP contribution in [0.4, 0.5) is 5.69 Å². The van der Waals surface area contributed by atoms with Crippen molar-refractivity contribution < 1.29 is 0 Å². The third-order valence-electron chi connectivity index (χ3n) is 2.10. The fraction of sp³-hybridized carbons (Fsp3) is 0.200. The molecule has 0 radical (unpaired) electrons. The van der Waals surface area contributed by atoms with E-state index in [2.05, 4.69) is 16.0 Å². The van der Waals surface area contributed by atoms with Crippen LogP contribution >= 0.6 is 34.8 Å². The first-order valence-corrected chi connectivity index (χ1v) is 6.09. The van der Waals surface area contributed by atoms with Crippen LogP contribution in [0.15, 0.2) is 30.1 Å². The number of hydrogen-bond donors (Lipinski definition) is 4. The summed E-state index contributed by atoms with van der Waals surface area (Å²) in [4.78, 5) is 0. The lowest BCUT2D eigenvalue weighted by molar-refractivity contribution is 0.458. The Hall–Kier alpha value is -0.650. The first-order valence-electron chi connectivity index (χ1n) is 4.90. The van der Waals surface area contributed by atoms with Gasteiger partial charge in [-0.3, -0.25) is 11.1 Å². The van der Waals surface area contributed by atoms with E-state index in [0.29, 0.717) is 15.9 Å². The monoisotopic (exact) mass is 292 g/mol. The van der Waals surface area contributed by atoms with Gasteiger partial charge >= 0.3 is 0 Å². The summed E-state index contributed by atoms with van der Waals surface area (Å²) >= 11 is 17.7. The Balaban J connectivity index is 2.15. The molecule has 0 aromatic heterocycles. The van der Waals surface area contributed by atoms with Crippen LogP contribution in [-0.2, 0) is 0 Å². The highest BCUT2D eigenvalue weighted by atomic mass is 35.5. The molecule has 4 nitrogen and oxygen atoms in total. The third kappa shape index (κ3) is 3.66. The predicted octanol–water partition coefficient (Wildman–Crippen LogP) is 2.25. The number of rotatable bonds is 2. The van der Waals surface area contributed by atoms with Crippen LogP contribution in [0.1, 0.15) is 0 Å². The van der Waals surface area contributed by atoms with Crippen molar-refractivity contribution in [2.45, 2.75) is 11.8 Å². The molecule has 2 unspecified atom stereocenters. The number of nitrogens with one attached hydrogen (secondary N) is 3. The maximum absolute atomic E-state index is 5.94. The lowest BCUT2D eigenvalue weighted by Gasteiger charge is -2.27. The van der Waals surface area contributed by atoms with Gasteiger partial charge in [0.1, 0.15) is 17.6 Å². The van der Waals surface area contributed by atoms with Crippen LogP contribution in [-0.4, -0.2) is 11.8 Å². The van der Waals surface area contributed by atoms with Crippen LogP contribution in [0, 0.1) is 0 Å². The zero-order chi connectivity index (χ0) is 12.4. The molecule has 1 aliphatic heterocycles. The van der Waals surface area contributed by atoms with Gasteiger partial charge < -0.3 is 10.6 Å². The number of hydrogen-bond acceptors (Lipinski definition) is 4. The second kappa shape index (κ2) is 5.33. The molecule has 1 aromatic rings. The Bertz CT molecular complexity index is 429.